The molecule has 1 heteroatoms. The van der Waals surface area contributed by atoms with Crippen LogP contribution < -0.4 is 0 Å². The van der Waals surface area contributed by atoms with Gasteiger partial charge in [0.25, 0.3) is 0 Å². The second kappa shape index (κ2) is 8.22. The molecule has 0 spiro atoms. The van der Waals surface area contributed by atoms with Gasteiger partial charge in [-0.05, 0) is 0 Å². The molecule has 0 aliphatic carbocycles. The van der Waals surface area contributed by atoms with E-state index < -0.39 is 10.0 Å². The monoisotopic (exact) mass is 150 g/mol. The van der Waals surface area contributed by atoms with Gasteiger partial charge in [0.15, 0.2) is 0 Å². The number of hydrogen-bond donors (Lipinski definition) is 0. The highest BCUT2D eigenvalue weighted by atomic mass is 28.1. The molecule has 56 valence electrons. The van der Waals surface area contributed by atoms with Gasteiger partial charge in [-0.3, -0.25) is 0 Å². The summed E-state index contributed by atoms with van der Waals surface area (Å²) in [5.74, 6) is 0. The van der Waals surface area contributed by atoms with Crippen LogP contribution in [0.5, 0.6) is 0 Å². The van der Waals surface area contributed by atoms with Crippen molar-refractivity contribution in [2.24, 2.45) is 0 Å². The summed E-state index contributed by atoms with van der Waals surface area (Å²) in [6.07, 6.45) is 7.09. The summed E-state index contributed by atoms with van der Waals surface area (Å²) < 4.78 is 21.4. The molecule has 0 aromatic heterocycles. The third-order valence-electron chi connectivity index (χ3n) is 1.53. The normalized spacial score (nSPS) is 16.3. The summed E-state index contributed by atoms with van der Waals surface area (Å²) in [4.78, 5) is 0. The van der Waals surface area contributed by atoms with Gasteiger partial charge in [0.1, 0.15) is 0 Å². The minimum absolute atomic E-state index is 0.527. The SMILES string of the molecule is [3H][Si]([3H])([3H])CCCCCCCC. The van der Waals surface area contributed by atoms with Crippen LogP contribution >= 0.6 is 0 Å². The summed E-state index contributed by atoms with van der Waals surface area (Å²) >= 11 is 0. The zero-order valence-corrected chi connectivity index (χ0v) is 7.45. The first kappa shape index (κ1) is 4.95. The molecule has 0 atom stereocenters. The molecule has 0 aromatic carbocycles. The minimum atomic E-state index is -2.98. The lowest BCUT2D eigenvalue weighted by Gasteiger charge is -1.96. The topological polar surface area (TPSA) is 0 Å². The average Bonchev–Trinajstić information content (AvgIpc) is 1.94. The first-order valence-corrected chi connectivity index (χ1v) is 4.77. The molecule has 9 heavy (non-hydrogen) atoms. The third kappa shape index (κ3) is 8.22. The van der Waals surface area contributed by atoms with E-state index in [-0.39, 0.29) is 0 Å². The summed E-state index contributed by atoms with van der Waals surface area (Å²) in [7, 11) is -2.98. The number of unbranched alkanes of at least 4 members (excludes halogenated alkanes) is 5. The van der Waals surface area contributed by atoms with E-state index in [4.69, 9.17) is 3.70 Å². The smallest absolute Gasteiger partial charge is 0.00729 e. The first-order chi connectivity index (χ1) is 5.56. The van der Waals surface area contributed by atoms with Gasteiger partial charge in [-0.2, -0.15) is 0 Å². The van der Waals surface area contributed by atoms with Crippen molar-refractivity contribution in [3.63, 3.8) is 0 Å². The molecule has 0 aliphatic heterocycles. The van der Waals surface area contributed by atoms with Crippen molar-refractivity contribution in [1.82, 2.24) is 0 Å². The van der Waals surface area contributed by atoms with Gasteiger partial charge >= 0.3 is 0 Å². The minimum Gasteiger partial charge on any atom is -0.0658 e. The Morgan fingerprint density at radius 2 is 1.78 bits per heavy atom. The maximum Gasteiger partial charge on any atom is 0.00729 e. The molecule has 0 nitrogen and oxygen atoms in total. The summed E-state index contributed by atoms with van der Waals surface area (Å²) in [6.45, 7) is 2.19. The Balaban J connectivity index is 3.01. The molecule has 0 unspecified atom stereocenters. The fourth-order valence-corrected chi connectivity index (χ4v) is 1.16. The van der Waals surface area contributed by atoms with Gasteiger partial charge in [0.2, 0.25) is 0 Å². The zero-order valence-electron chi connectivity index (χ0n) is 9.45. The maximum absolute atomic E-state index is 7.12. The van der Waals surface area contributed by atoms with Crippen molar-refractivity contribution >= 4 is 10.0 Å². The number of hydrogen-bond acceptors (Lipinski definition) is 0. The van der Waals surface area contributed by atoms with Gasteiger partial charge in [0, 0.05) is 13.7 Å². The Morgan fingerprint density at radius 1 is 1.11 bits per heavy atom. The van der Waals surface area contributed by atoms with Crippen molar-refractivity contribution in [3.05, 3.63) is 0 Å². The Morgan fingerprint density at radius 3 is 2.44 bits per heavy atom. The molecule has 0 aromatic rings. The van der Waals surface area contributed by atoms with Crippen LogP contribution in [0.4, 0.5) is 0 Å². The lowest BCUT2D eigenvalue weighted by atomic mass is 10.1. The quantitative estimate of drug-likeness (QED) is 0.385. The van der Waals surface area contributed by atoms with Crippen LogP contribution in [-0.4, -0.2) is 13.7 Å². The zero-order chi connectivity index (χ0) is 9.45. The average molecular weight is 150 g/mol. The molecular weight excluding hydrogens is 124 g/mol. The second-order valence-electron chi connectivity index (χ2n) is 2.52. The van der Waals surface area contributed by atoms with Crippen LogP contribution in [0.15, 0.2) is 0 Å². The second-order valence-corrected chi connectivity index (χ2v) is 3.02. The third-order valence-corrected chi connectivity index (χ3v) is 1.88. The van der Waals surface area contributed by atoms with Crippen LogP contribution in [0.3, 0.4) is 0 Å². The molecule has 0 N–H and O–H groups in total. The van der Waals surface area contributed by atoms with Crippen molar-refractivity contribution in [1.29, 1.82) is 3.70 Å². The maximum atomic E-state index is 7.12. The lowest BCUT2D eigenvalue weighted by molar-refractivity contribution is 0.624. The molecule has 0 saturated carbocycles. The van der Waals surface area contributed by atoms with Crippen LogP contribution in [0, 0.1) is 0 Å². The van der Waals surface area contributed by atoms with Gasteiger partial charge in [-0.25, -0.2) is 0 Å². The predicted octanol–water partition coefficient (Wildman–Crippen LogP) is 2.13. The molecule has 0 rings (SSSR count). The summed E-state index contributed by atoms with van der Waals surface area (Å²) in [6, 6.07) is 0.527. The summed E-state index contributed by atoms with van der Waals surface area (Å²) in [5.41, 5.74) is 0. The fourth-order valence-electron chi connectivity index (χ4n) is 0.905. The van der Waals surface area contributed by atoms with Crippen molar-refractivity contribution in [2.75, 3.05) is 0 Å². The molecular formula is C8H20Si. The molecule has 0 amide bonds. The Labute approximate surface area is 66.1 Å². The van der Waals surface area contributed by atoms with E-state index in [1.165, 1.54) is 25.7 Å². The highest BCUT2D eigenvalue weighted by molar-refractivity contribution is 6.08. The van der Waals surface area contributed by atoms with Crippen molar-refractivity contribution in [2.45, 2.75) is 51.5 Å². The van der Waals surface area contributed by atoms with Gasteiger partial charge in [0.05, 0.1) is 0 Å². The first-order valence-electron chi connectivity index (χ1n) is 5.56. The summed E-state index contributed by atoms with van der Waals surface area (Å²) in [5, 5.41) is 0. The highest BCUT2D eigenvalue weighted by Gasteiger charge is 1.85. The Bertz CT molecular complexity index is 101. The van der Waals surface area contributed by atoms with E-state index in [0.29, 0.717) is 6.04 Å². The molecule has 0 radical (unpaired) electrons. The van der Waals surface area contributed by atoms with Gasteiger partial charge < -0.3 is 0 Å². The molecule has 0 heterocycles. The van der Waals surface area contributed by atoms with Crippen LogP contribution in [-0.2, 0) is 0 Å². The Hall–Kier alpha value is 0.217. The van der Waals surface area contributed by atoms with E-state index in [2.05, 4.69) is 6.92 Å². The predicted molar refractivity (Wildman–Crippen MR) is 48.1 cm³/mol. The van der Waals surface area contributed by atoms with Crippen molar-refractivity contribution < 1.29 is 0 Å². The van der Waals surface area contributed by atoms with Crippen LogP contribution in [0.2, 0.25) is 6.04 Å². The van der Waals surface area contributed by atoms with E-state index in [1.54, 1.807) is 0 Å². The molecule has 0 aliphatic rings. The van der Waals surface area contributed by atoms with E-state index in [0.717, 1.165) is 12.8 Å². The largest absolute Gasteiger partial charge is 0.0658 e. The molecule has 0 fully saturated rings. The molecule has 0 bridgehead atoms. The highest BCUT2D eigenvalue weighted by Crippen LogP contribution is 2.05. The van der Waals surface area contributed by atoms with Gasteiger partial charge in [-0.15, -0.1) is 0 Å². The Kier molecular flexibility index (Phi) is 4.52. The number of rotatable bonds is 7. The van der Waals surface area contributed by atoms with E-state index in [9.17, 15) is 0 Å². The molecule has 0 saturated heterocycles. The van der Waals surface area contributed by atoms with Crippen LogP contribution in [0.1, 0.15) is 45.4 Å². The van der Waals surface area contributed by atoms with Crippen LogP contribution in [0.25, 0.3) is 0 Å². The van der Waals surface area contributed by atoms with E-state index >= 15 is 0 Å². The van der Waals surface area contributed by atoms with E-state index in [1.807, 2.05) is 0 Å². The fraction of sp³-hybridized carbons (Fsp3) is 1.00. The van der Waals surface area contributed by atoms with Crippen molar-refractivity contribution in [3.8, 4) is 0 Å². The lowest BCUT2D eigenvalue weighted by Crippen LogP contribution is -1.77. The van der Waals surface area contributed by atoms with Gasteiger partial charge in [-0.1, -0.05) is 51.5 Å². The standard InChI is InChI=1S/C8H20Si/c1-2-3-4-5-6-7-8-9/h2-8H2,1,9H3/i9T3.